The Kier molecular flexibility index (Phi) is 6.54. The second-order valence-corrected chi connectivity index (χ2v) is 9.23. The van der Waals surface area contributed by atoms with E-state index in [1.807, 2.05) is 45.0 Å². The van der Waals surface area contributed by atoms with Gasteiger partial charge >= 0.3 is 6.09 Å². The summed E-state index contributed by atoms with van der Waals surface area (Å²) in [7, 11) is 1.65. The van der Waals surface area contributed by atoms with Crippen molar-refractivity contribution in [2.75, 3.05) is 17.7 Å². The van der Waals surface area contributed by atoms with Crippen LogP contribution < -0.4 is 10.6 Å². The Balaban J connectivity index is 1.58. The molecule has 10 nitrogen and oxygen atoms in total. The van der Waals surface area contributed by atoms with E-state index >= 15 is 0 Å². The summed E-state index contributed by atoms with van der Waals surface area (Å²) in [6.45, 7) is 5.46. The van der Waals surface area contributed by atoms with Crippen LogP contribution in [0, 0.1) is 0 Å². The predicted molar refractivity (Wildman–Crippen MR) is 135 cm³/mol. The van der Waals surface area contributed by atoms with Crippen LogP contribution in [0.5, 0.6) is 0 Å². The summed E-state index contributed by atoms with van der Waals surface area (Å²) in [5.41, 5.74) is 8.41. The van der Waals surface area contributed by atoms with Crippen molar-refractivity contribution < 1.29 is 19.1 Å². The maximum Gasteiger partial charge on any atom is 0.414 e. The van der Waals surface area contributed by atoms with Gasteiger partial charge in [-0.05, 0) is 62.7 Å². The van der Waals surface area contributed by atoms with Gasteiger partial charge in [0.15, 0.2) is 19.0 Å². The van der Waals surface area contributed by atoms with Crippen LogP contribution in [0.15, 0.2) is 63.6 Å². The SMILES string of the molecule is CN(C(=O)OC(C)(C)C)c1ccc(C2=NN(C(=O)c3ccc(N)cc3)C(C3N=COC=N3)C2)cc1. The highest BCUT2D eigenvalue weighted by Crippen LogP contribution is 2.28. The Hall–Kier alpha value is -4.21. The van der Waals surface area contributed by atoms with Crippen molar-refractivity contribution in [3.63, 3.8) is 0 Å². The molecule has 1 unspecified atom stereocenters. The summed E-state index contributed by atoms with van der Waals surface area (Å²) < 4.78 is 10.4. The number of nitrogens with zero attached hydrogens (tertiary/aromatic N) is 5. The van der Waals surface area contributed by atoms with Gasteiger partial charge in [-0.2, -0.15) is 5.10 Å². The molecule has 2 heterocycles. The van der Waals surface area contributed by atoms with E-state index in [-0.39, 0.29) is 5.91 Å². The van der Waals surface area contributed by atoms with Gasteiger partial charge in [-0.15, -0.1) is 0 Å². The summed E-state index contributed by atoms with van der Waals surface area (Å²) in [6, 6.07) is 13.6. The van der Waals surface area contributed by atoms with E-state index in [1.54, 1.807) is 31.3 Å². The molecule has 2 aromatic rings. The third kappa shape index (κ3) is 5.48. The number of carbonyl (C=O) groups excluding carboxylic acids is 2. The Morgan fingerprint density at radius 2 is 1.69 bits per heavy atom. The molecule has 0 bridgehead atoms. The number of nitrogen functional groups attached to an aromatic ring is 1. The quantitative estimate of drug-likeness (QED) is 0.675. The fraction of sp³-hybridized carbons (Fsp3) is 0.320. The number of hydrogen-bond acceptors (Lipinski definition) is 8. The summed E-state index contributed by atoms with van der Waals surface area (Å²) in [5.74, 6) is -0.275. The maximum atomic E-state index is 13.3. The van der Waals surface area contributed by atoms with Crippen LogP contribution in [0.4, 0.5) is 16.2 Å². The Morgan fingerprint density at radius 1 is 1.06 bits per heavy atom. The Morgan fingerprint density at radius 3 is 2.29 bits per heavy atom. The second kappa shape index (κ2) is 9.57. The monoisotopic (exact) mass is 476 g/mol. The lowest BCUT2D eigenvalue weighted by atomic mass is 10.0. The summed E-state index contributed by atoms with van der Waals surface area (Å²) >= 11 is 0. The highest BCUT2D eigenvalue weighted by atomic mass is 16.6. The molecule has 0 saturated heterocycles. The van der Waals surface area contributed by atoms with Gasteiger partial charge in [-0.1, -0.05) is 12.1 Å². The van der Waals surface area contributed by atoms with Crippen LogP contribution in [0.25, 0.3) is 0 Å². The number of benzene rings is 2. The van der Waals surface area contributed by atoms with Crippen molar-refractivity contribution in [1.82, 2.24) is 5.01 Å². The highest BCUT2D eigenvalue weighted by molar-refractivity contribution is 6.05. The van der Waals surface area contributed by atoms with Gasteiger partial charge in [0.25, 0.3) is 5.91 Å². The van der Waals surface area contributed by atoms with Crippen LogP contribution in [0.2, 0.25) is 0 Å². The molecular formula is C25H28N6O4. The van der Waals surface area contributed by atoms with Gasteiger partial charge in [0.05, 0.1) is 5.71 Å². The molecule has 2 amide bonds. The number of amides is 2. The van der Waals surface area contributed by atoms with E-state index in [2.05, 4.69) is 15.1 Å². The van der Waals surface area contributed by atoms with Crippen molar-refractivity contribution in [1.29, 1.82) is 0 Å². The molecular weight excluding hydrogens is 448 g/mol. The summed E-state index contributed by atoms with van der Waals surface area (Å²) in [4.78, 5) is 35.7. The van der Waals surface area contributed by atoms with Crippen LogP contribution in [-0.2, 0) is 9.47 Å². The molecule has 1 atom stereocenters. The van der Waals surface area contributed by atoms with Crippen molar-refractivity contribution in [3.05, 3.63) is 59.7 Å². The zero-order chi connectivity index (χ0) is 25.2. The van der Waals surface area contributed by atoms with Gasteiger partial charge in [-0.25, -0.2) is 19.8 Å². The normalized spacial score (nSPS) is 17.7. The number of carbonyl (C=O) groups is 2. The molecule has 10 heteroatoms. The summed E-state index contributed by atoms with van der Waals surface area (Å²) in [5, 5.41) is 6.07. The van der Waals surface area contributed by atoms with E-state index in [9.17, 15) is 9.59 Å². The molecule has 0 spiro atoms. The van der Waals surface area contributed by atoms with Crippen LogP contribution >= 0.6 is 0 Å². The summed E-state index contributed by atoms with van der Waals surface area (Å²) in [6.07, 6.45) is 2.08. The van der Waals surface area contributed by atoms with E-state index in [1.165, 1.54) is 22.7 Å². The fourth-order valence-electron chi connectivity index (χ4n) is 3.66. The van der Waals surface area contributed by atoms with Gasteiger partial charge in [-0.3, -0.25) is 9.69 Å². The zero-order valence-corrected chi connectivity index (χ0v) is 20.1. The average Bonchev–Trinajstić information content (AvgIpc) is 3.29. The maximum absolute atomic E-state index is 13.3. The van der Waals surface area contributed by atoms with Gasteiger partial charge in [0.1, 0.15) is 11.6 Å². The molecule has 0 aromatic heterocycles. The molecule has 4 rings (SSSR count). The van der Waals surface area contributed by atoms with Crippen molar-refractivity contribution in [2.45, 2.75) is 45.0 Å². The van der Waals surface area contributed by atoms with Crippen LogP contribution in [0.1, 0.15) is 43.1 Å². The smallest absolute Gasteiger partial charge is 0.414 e. The number of aliphatic imine (C=N–C) groups is 2. The number of nitrogens with two attached hydrogens (primary N) is 1. The standard InChI is InChI=1S/C25H28N6O4/c1-25(2,3)35-24(33)30(4)19-11-7-16(8-12-19)20-13-21(22-27-14-34-15-28-22)31(29-20)23(32)17-5-9-18(26)10-6-17/h5-12,14-15,21-22H,13,26H2,1-4H3. The molecule has 0 fully saturated rings. The molecule has 35 heavy (non-hydrogen) atoms. The molecule has 2 aliphatic heterocycles. The first-order valence-electron chi connectivity index (χ1n) is 11.1. The molecule has 0 radical (unpaired) electrons. The molecule has 2 aliphatic rings. The number of ether oxygens (including phenoxy) is 2. The van der Waals surface area contributed by atoms with E-state index in [0.717, 1.165) is 5.56 Å². The van der Waals surface area contributed by atoms with Crippen molar-refractivity contribution in [2.24, 2.45) is 15.1 Å². The number of hydrazone groups is 1. The van der Waals surface area contributed by atoms with E-state index in [4.69, 9.17) is 15.2 Å². The Bertz CT molecular complexity index is 1170. The van der Waals surface area contributed by atoms with Crippen molar-refractivity contribution in [3.8, 4) is 0 Å². The lowest BCUT2D eigenvalue weighted by Crippen LogP contribution is -2.40. The third-order valence-corrected chi connectivity index (χ3v) is 5.46. The van der Waals surface area contributed by atoms with Gasteiger partial charge in [0, 0.05) is 30.4 Å². The minimum atomic E-state index is -0.589. The first-order valence-corrected chi connectivity index (χ1v) is 11.1. The zero-order valence-electron chi connectivity index (χ0n) is 20.1. The average molecular weight is 477 g/mol. The molecule has 182 valence electrons. The number of hydrogen-bond donors (Lipinski definition) is 1. The van der Waals surface area contributed by atoms with Crippen LogP contribution in [0.3, 0.4) is 0 Å². The topological polar surface area (TPSA) is 122 Å². The predicted octanol–water partition coefficient (Wildman–Crippen LogP) is 3.67. The lowest BCUT2D eigenvalue weighted by molar-refractivity contribution is 0.0588. The third-order valence-electron chi connectivity index (χ3n) is 5.46. The number of rotatable bonds is 4. The Labute approximate surface area is 203 Å². The van der Waals surface area contributed by atoms with E-state index < -0.39 is 23.9 Å². The minimum Gasteiger partial charge on any atom is -0.443 e. The van der Waals surface area contributed by atoms with Crippen LogP contribution in [-0.4, -0.2) is 60.4 Å². The minimum absolute atomic E-state index is 0.275. The largest absolute Gasteiger partial charge is 0.443 e. The molecule has 2 N–H and O–H groups in total. The first-order chi connectivity index (χ1) is 16.6. The molecule has 0 saturated carbocycles. The lowest BCUT2D eigenvalue weighted by Gasteiger charge is -2.25. The first kappa shape index (κ1) is 23.9. The second-order valence-electron chi connectivity index (χ2n) is 9.23. The number of anilines is 2. The fourth-order valence-corrected chi connectivity index (χ4v) is 3.66. The molecule has 2 aromatic carbocycles. The van der Waals surface area contributed by atoms with Gasteiger partial charge < -0.3 is 15.2 Å². The van der Waals surface area contributed by atoms with Gasteiger partial charge in [0.2, 0.25) is 0 Å². The highest BCUT2D eigenvalue weighted by Gasteiger charge is 2.38. The molecule has 0 aliphatic carbocycles. The van der Waals surface area contributed by atoms with E-state index in [0.29, 0.717) is 29.1 Å². The van der Waals surface area contributed by atoms with Crippen molar-refractivity contribution >= 4 is 41.9 Å².